The standard InChI is InChI=1S/C11H14N2O3/c14-11(15)10-8-5-16-6-9(8)12-13(10)7-3-1-2-4-7/h7H,1-6H2,(H,14,15). The molecule has 0 bridgehead atoms. The van der Waals surface area contributed by atoms with Gasteiger partial charge in [-0.1, -0.05) is 12.8 Å². The van der Waals surface area contributed by atoms with Crippen LogP contribution in [0.2, 0.25) is 0 Å². The van der Waals surface area contributed by atoms with E-state index in [0.29, 0.717) is 18.9 Å². The molecule has 2 heterocycles. The van der Waals surface area contributed by atoms with Crippen molar-refractivity contribution in [2.45, 2.75) is 44.9 Å². The van der Waals surface area contributed by atoms with Crippen molar-refractivity contribution < 1.29 is 14.6 Å². The summed E-state index contributed by atoms with van der Waals surface area (Å²) in [7, 11) is 0. The predicted octanol–water partition coefficient (Wildman–Crippen LogP) is 1.73. The average Bonchev–Trinajstić information content (AvgIpc) is 2.92. The van der Waals surface area contributed by atoms with E-state index in [-0.39, 0.29) is 6.04 Å². The molecule has 0 atom stereocenters. The first-order valence-corrected chi connectivity index (χ1v) is 5.68. The Morgan fingerprint density at radius 1 is 1.38 bits per heavy atom. The normalized spacial score (nSPS) is 20.2. The van der Waals surface area contributed by atoms with Crippen LogP contribution in [0.25, 0.3) is 0 Å². The van der Waals surface area contributed by atoms with Crippen LogP contribution in [0.5, 0.6) is 0 Å². The Bertz CT molecular complexity index is 433. The summed E-state index contributed by atoms with van der Waals surface area (Å²) in [6.45, 7) is 0.846. The molecule has 0 saturated heterocycles. The number of hydrogen-bond donors (Lipinski definition) is 1. The highest BCUT2D eigenvalue weighted by Gasteiger charge is 2.31. The highest BCUT2D eigenvalue weighted by molar-refractivity contribution is 5.88. The van der Waals surface area contributed by atoms with E-state index in [0.717, 1.165) is 24.1 Å². The van der Waals surface area contributed by atoms with Crippen molar-refractivity contribution in [1.29, 1.82) is 0 Å². The molecule has 0 amide bonds. The summed E-state index contributed by atoms with van der Waals surface area (Å²) in [6, 6.07) is 0.275. The van der Waals surface area contributed by atoms with Gasteiger partial charge in [-0.15, -0.1) is 0 Å². The topological polar surface area (TPSA) is 64.3 Å². The van der Waals surface area contributed by atoms with Gasteiger partial charge in [-0.3, -0.25) is 4.68 Å². The van der Waals surface area contributed by atoms with Crippen LogP contribution in [0.15, 0.2) is 0 Å². The third kappa shape index (κ3) is 1.35. The molecule has 0 spiro atoms. The Labute approximate surface area is 93.0 Å². The first kappa shape index (κ1) is 9.84. The summed E-state index contributed by atoms with van der Waals surface area (Å²) >= 11 is 0. The zero-order chi connectivity index (χ0) is 11.1. The largest absolute Gasteiger partial charge is 0.477 e. The average molecular weight is 222 g/mol. The van der Waals surface area contributed by atoms with Gasteiger partial charge >= 0.3 is 5.97 Å². The maximum absolute atomic E-state index is 11.3. The quantitative estimate of drug-likeness (QED) is 0.827. The van der Waals surface area contributed by atoms with Crippen LogP contribution in [0.1, 0.15) is 53.5 Å². The first-order valence-electron chi connectivity index (χ1n) is 5.68. The number of carbonyl (C=O) groups is 1. The molecule has 1 N–H and O–H groups in total. The molecule has 3 rings (SSSR count). The second kappa shape index (κ2) is 3.59. The monoisotopic (exact) mass is 222 g/mol. The van der Waals surface area contributed by atoms with Gasteiger partial charge < -0.3 is 9.84 Å². The van der Waals surface area contributed by atoms with Gasteiger partial charge in [0.2, 0.25) is 0 Å². The van der Waals surface area contributed by atoms with Crippen molar-refractivity contribution in [3.63, 3.8) is 0 Å². The molecule has 1 fully saturated rings. The van der Waals surface area contributed by atoms with Gasteiger partial charge in [-0.25, -0.2) is 4.79 Å². The third-order valence-corrected chi connectivity index (χ3v) is 3.45. The molecule has 1 aliphatic carbocycles. The summed E-state index contributed by atoms with van der Waals surface area (Å²) in [5.74, 6) is -0.883. The SMILES string of the molecule is O=C(O)c1c2c(nn1C1CCCC1)COC2. The number of carboxylic acid groups (broad SMARTS) is 1. The molecule has 1 aliphatic heterocycles. The van der Waals surface area contributed by atoms with Gasteiger partial charge in [0.1, 0.15) is 0 Å². The molecule has 5 heteroatoms. The molecule has 5 nitrogen and oxygen atoms in total. The molecule has 1 aromatic heterocycles. The Kier molecular flexibility index (Phi) is 2.21. The van der Waals surface area contributed by atoms with E-state index in [1.54, 1.807) is 4.68 Å². The fraction of sp³-hybridized carbons (Fsp3) is 0.636. The minimum absolute atomic E-state index is 0.275. The predicted molar refractivity (Wildman–Crippen MR) is 55.2 cm³/mol. The molecular formula is C11H14N2O3. The highest BCUT2D eigenvalue weighted by Crippen LogP contribution is 2.33. The summed E-state index contributed by atoms with van der Waals surface area (Å²) in [5, 5.41) is 13.7. The van der Waals surface area contributed by atoms with E-state index in [1.807, 2.05) is 0 Å². The smallest absolute Gasteiger partial charge is 0.354 e. The second-order valence-electron chi connectivity index (χ2n) is 4.45. The number of nitrogens with zero attached hydrogens (tertiary/aromatic N) is 2. The molecule has 16 heavy (non-hydrogen) atoms. The van der Waals surface area contributed by atoms with Crippen molar-refractivity contribution in [2.24, 2.45) is 0 Å². The lowest BCUT2D eigenvalue weighted by molar-refractivity contribution is 0.0671. The minimum Gasteiger partial charge on any atom is -0.477 e. The van der Waals surface area contributed by atoms with E-state index < -0.39 is 5.97 Å². The van der Waals surface area contributed by atoms with Crippen molar-refractivity contribution in [1.82, 2.24) is 9.78 Å². The number of fused-ring (bicyclic) bond motifs is 1. The van der Waals surface area contributed by atoms with Gasteiger partial charge in [0, 0.05) is 5.56 Å². The van der Waals surface area contributed by atoms with Gasteiger partial charge in [-0.2, -0.15) is 5.10 Å². The van der Waals surface area contributed by atoms with Crippen molar-refractivity contribution >= 4 is 5.97 Å². The van der Waals surface area contributed by atoms with Crippen molar-refractivity contribution in [2.75, 3.05) is 0 Å². The Balaban J connectivity index is 2.06. The second-order valence-corrected chi connectivity index (χ2v) is 4.45. The van der Waals surface area contributed by atoms with Gasteiger partial charge in [-0.05, 0) is 12.8 Å². The summed E-state index contributed by atoms with van der Waals surface area (Å²) in [6.07, 6.45) is 4.43. The zero-order valence-electron chi connectivity index (χ0n) is 8.98. The third-order valence-electron chi connectivity index (χ3n) is 3.45. The number of aromatic nitrogens is 2. The lowest BCUT2D eigenvalue weighted by Gasteiger charge is -2.12. The molecule has 1 aromatic rings. The number of hydrogen-bond acceptors (Lipinski definition) is 3. The Morgan fingerprint density at radius 3 is 2.81 bits per heavy atom. The van der Waals surface area contributed by atoms with E-state index in [4.69, 9.17) is 4.74 Å². The Morgan fingerprint density at radius 2 is 2.12 bits per heavy atom. The molecule has 86 valence electrons. The lowest BCUT2D eigenvalue weighted by atomic mass is 10.2. The first-order chi connectivity index (χ1) is 7.77. The van der Waals surface area contributed by atoms with Crippen LogP contribution in [0.3, 0.4) is 0 Å². The number of ether oxygens (including phenoxy) is 1. The molecule has 2 aliphatic rings. The summed E-state index contributed by atoms with van der Waals surface area (Å²) < 4.78 is 6.95. The minimum atomic E-state index is -0.883. The van der Waals surface area contributed by atoms with E-state index >= 15 is 0 Å². The van der Waals surface area contributed by atoms with E-state index in [2.05, 4.69) is 5.10 Å². The molecule has 0 unspecified atom stereocenters. The van der Waals surface area contributed by atoms with Crippen LogP contribution in [-0.2, 0) is 18.0 Å². The number of carboxylic acids is 1. The fourth-order valence-electron chi connectivity index (χ4n) is 2.67. The molecule has 1 saturated carbocycles. The van der Waals surface area contributed by atoms with Crippen LogP contribution in [0, 0.1) is 0 Å². The van der Waals surface area contributed by atoms with Crippen molar-refractivity contribution in [3.05, 3.63) is 17.0 Å². The van der Waals surface area contributed by atoms with Crippen LogP contribution in [-0.4, -0.2) is 20.9 Å². The number of aromatic carboxylic acids is 1. The van der Waals surface area contributed by atoms with Gasteiger partial charge in [0.15, 0.2) is 5.69 Å². The maximum Gasteiger partial charge on any atom is 0.354 e. The molecule has 0 aromatic carbocycles. The van der Waals surface area contributed by atoms with Crippen LogP contribution in [0.4, 0.5) is 0 Å². The maximum atomic E-state index is 11.3. The van der Waals surface area contributed by atoms with Gasteiger partial charge in [0.05, 0.1) is 24.9 Å². The molecule has 0 radical (unpaired) electrons. The number of rotatable bonds is 2. The lowest BCUT2D eigenvalue weighted by Crippen LogP contribution is -2.16. The fourth-order valence-corrected chi connectivity index (χ4v) is 2.67. The summed E-state index contributed by atoms with van der Waals surface area (Å²) in [4.78, 5) is 11.3. The Hall–Kier alpha value is -1.36. The summed E-state index contributed by atoms with van der Waals surface area (Å²) in [5.41, 5.74) is 1.93. The highest BCUT2D eigenvalue weighted by atomic mass is 16.5. The van der Waals surface area contributed by atoms with Gasteiger partial charge in [0.25, 0.3) is 0 Å². The van der Waals surface area contributed by atoms with Crippen molar-refractivity contribution in [3.8, 4) is 0 Å². The van der Waals surface area contributed by atoms with E-state index in [9.17, 15) is 9.90 Å². The van der Waals surface area contributed by atoms with E-state index in [1.165, 1.54) is 12.8 Å². The molecular weight excluding hydrogens is 208 g/mol. The zero-order valence-corrected chi connectivity index (χ0v) is 8.98. The van der Waals surface area contributed by atoms with Crippen LogP contribution < -0.4 is 0 Å². The van der Waals surface area contributed by atoms with Crippen LogP contribution >= 0.6 is 0 Å².